The van der Waals surface area contributed by atoms with Gasteiger partial charge in [-0.15, -0.1) is 0 Å². The van der Waals surface area contributed by atoms with Crippen LogP contribution >= 0.6 is 0 Å². The van der Waals surface area contributed by atoms with Crippen LogP contribution in [0.15, 0.2) is 18.2 Å². The van der Waals surface area contributed by atoms with Gasteiger partial charge in [0.25, 0.3) is 5.69 Å². The Hall–Kier alpha value is -1.82. The van der Waals surface area contributed by atoms with E-state index in [0.29, 0.717) is 11.4 Å². The summed E-state index contributed by atoms with van der Waals surface area (Å²) in [7, 11) is 3.53. The van der Waals surface area contributed by atoms with E-state index < -0.39 is 0 Å². The molecule has 6 heteroatoms. The van der Waals surface area contributed by atoms with Crippen LogP contribution in [0.1, 0.15) is 19.8 Å². The highest BCUT2D eigenvalue weighted by Gasteiger charge is 2.31. The predicted molar refractivity (Wildman–Crippen MR) is 78.6 cm³/mol. The number of nitro groups is 1. The molecule has 1 aliphatic heterocycles. The summed E-state index contributed by atoms with van der Waals surface area (Å²) in [5.74, 6) is 0.646. The molecule has 0 bridgehead atoms. The van der Waals surface area contributed by atoms with Crippen LogP contribution in [-0.2, 0) is 0 Å². The Kier molecular flexibility index (Phi) is 4.13. The normalized spacial score (nSPS) is 17.9. The third kappa shape index (κ3) is 2.85. The Balaban J connectivity index is 2.26. The Labute approximate surface area is 118 Å². The lowest BCUT2D eigenvalue weighted by Gasteiger charge is -2.40. The average molecular weight is 279 g/mol. The monoisotopic (exact) mass is 279 g/mol. The molecule has 0 radical (unpaired) electrons. The van der Waals surface area contributed by atoms with Gasteiger partial charge < -0.3 is 15.0 Å². The molecule has 0 unspecified atom stereocenters. The number of hydrogen-bond donors (Lipinski definition) is 1. The molecule has 1 aliphatic rings. The number of rotatable bonds is 4. The highest BCUT2D eigenvalue weighted by molar-refractivity contribution is 5.66. The van der Waals surface area contributed by atoms with Gasteiger partial charge in [-0.25, -0.2) is 0 Å². The lowest BCUT2D eigenvalue weighted by Crippen LogP contribution is -2.50. The van der Waals surface area contributed by atoms with Crippen molar-refractivity contribution in [3.8, 4) is 5.75 Å². The first kappa shape index (κ1) is 14.6. The molecule has 0 atom stereocenters. The van der Waals surface area contributed by atoms with Crippen molar-refractivity contribution in [2.45, 2.75) is 25.3 Å². The zero-order valence-electron chi connectivity index (χ0n) is 12.2. The Bertz CT molecular complexity index is 496. The van der Waals surface area contributed by atoms with E-state index in [4.69, 9.17) is 4.74 Å². The standard InChI is InChI=1S/C14H21N3O3/c1-14(15-2)6-8-16(9-7-14)13-10-11(20-3)4-5-12(13)17(18)19/h4-5,10,15H,6-9H2,1-3H3. The molecular formula is C14H21N3O3. The van der Waals surface area contributed by atoms with Gasteiger partial charge >= 0.3 is 0 Å². The van der Waals surface area contributed by atoms with E-state index in [1.807, 2.05) is 7.05 Å². The van der Waals surface area contributed by atoms with Crippen LogP contribution in [0.4, 0.5) is 11.4 Å². The molecule has 1 aromatic carbocycles. The second-order valence-corrected chi connectivity index (χ2v) is 5.41. The summed E-state index contributed by atoms with van der Waals surface area (Å²) in [4.78, 5) is 12.9. The minimum Gasteiger partial charge on any atom is -0.497 e. The smallest absolute Gasteiger partial charge is 0.292 e. The third-order valence-electron chi connectivity index (χ3n) is 4.19. The predicted octanol–water partition coefficient (Wildman–Crippen LogP) is 2.18. The molecule has 1 fully saturated rings. The summed E-state index contributed by atoms with van der Waals surface area (Å²) in [5.41, 5.74) is 0.899. The molecule has 0 saturated carbocycles. The molecule has 0 aliphatic carbocycles. The summed E-state index contributed by atoms with van der Waals surface area (Å²) in [6.45, 7) is 3.78. The van der Waals surface area contributed by atoms with Gasteiger partial charge in [0.15, 0.2) is 0 Å². The summed E-state index contributed by atoms with van der Waals surface area (Å²) in [6, 6.07) is 4.89. The van der Waals surface area contributed by atoms with Crippen LogP contribution in [0, 0.1) is 10.1 Å². The van der Waals surface area contributed by atoms with Crippen molar-refractivity contribution in [1.82, 2.24) is 5.32 Å². The molecule has 1 saturated heterocycles. The van der Waals surface area contributed by atoms with Gasteiger partial charge in [-0.3, -0.25) is 10.1 Å². The lowest BCUT2D eigenvalue weighted by atomic mass is 9.89. The fourth-order valence-electron chi connectivity index (χ4n) is 2.53. The summed E-state index contributed by atoms with van der Waals surface area (Å²) >= 11 is 0. The Morgan fingerprint density at radius 2 is 2.05 bits per heavy atom. The van der Waals surface area contributed by atoms with E-state index in [2.05, 4.69) is 17.1 Å². The topological polar surface area (TPSA) is 67.6 Å². The minimum atomic E-state index is -0.333. The first-order valence-electron chi connectivity index (χ1n) is 6.75. The van der Waals surface area contributed by atoms with Crippen molar-refractivity contribution < 1.29 is 9.66 Å². The number of nitrogens with zero attached hydrogens (tertiary/aromatic N) is 2. The number of hydrogen-bond acceptors (Lipinski definition) is 5. The highest BCUT2D eigenvalue weighted by Crippen LogP contribution is 2.35. The van der Waals surface area contributed by atoms with Gasteiger partial charge in [0.2, 0.25) is 0 Å². The van der Waals surface area contributed by atoms with E-state index in [9.17, 15) is 10.1 Å². The van der Waals surface area contributed by atoms with Crippen LogP contribution in [0.25, 0.3) is 0 Å². The van der Waals surface area contributed by atoms with Crippen molar-refractivity contribution in [1.29, 1.82) is 0 Å². The number of benzene rings is 1. The number of nitrogens with one attached hydrogen (secondary N) is 1. The van der Waals surface area contributed by atoms with Crippen molar-refractivity contribution in [2.75, 3.05) is 32.1 Å². The largest absolute Gasteiger partial charge is 0.497 e. The molecule has 110 valence electrons. The van der Waals surface area contributed by atoms with E-state index in [1.54, 1.807) is 19.2 Å². The van der Waals surface area contributed by atoms with Crippen molar-refractivity contribution in [2.24, 2.45) is 0 Å². The second-order valence-electron chi connectivity index (χ2n) is 5.41. The Morgan fingerprint density at radius 1 is 1.40 bits per heavy atom. The van der Waals surface area contributed by atoms with Gasteiger partial charge in [0.1, 0.15) is 11.4 Å². The molecule has 0 spiro atoms. The van der Waals surface area contributed by atoms with E-state index >= 15 is 0 Å². The van der Waals surface area contributed by atoms with Crippen LogP contribution in [0.5, 0.6) is 5.75 Å². The number of nitro benzene ring substituents is 1. The van der Waals surface area contributed by atoms with E-state index in [0.717, 1.165) is 25.9 Å². The van der Waals surface area contributed by atoms with Gasteiger partial charge in [0, 0.05) is 30.8 Å². The molecule has 6 nitrogen and oxygen atoms in total. The van der Waals surface area contributed by atoms with E-state index in [-0.39, 0.29) is 16.1 Å². The van der Waals surface area contributed by atoms with Crippen LogP contribution in [0.3, 0.4) is 0 Å². The highest BCUT2D eigenvalue weighted by atomic mass is 16.6. The van der Waals surface area contributed by atoms with Crippen molar-refractivity contribution in [3.63, 3.8) is 0 Å². The Morgan fingerprint density at radius 3 is 2.55 bits per heavy atom. The summed E-state index contributed by atoms with van der Waals surface area (Å²) in [6.07, 6.45) is 1.91. The fourth-order valence-corrected chi connectivity index (χ4v) is 2.53. The van der Waals surface area contributed by atoms with Gasteiger partial charge in [0.05, 0.1) is 12.0 Å². The molecule has 0 aromatic heterocycles. The molecule has 1 aromatic rings. The fraction of sp³-hybridized carbons (Fsp3) is 0.571. The number of methoxy groups -OCH3 is 1. The van der Waals surface area contributed by atoms with Gasteiger partial charge in [-0.1, -0.05) is 0 Å². The average Bonchev–Trinajstić information content (AvgIpc) is 2.47. The summed E-state index contributed by atoms with van der Waals surface area (Å²) in [5, 5.41) is 14.5. The lowest BCUT2D eigenvalue weighted by molar-refractivity contribution is -0.384. The SMILES string of the molecule is CNC1(C)CCN(c2cc(OC)ccc2[N+](=O)[O-])CC1. The van der Waals surface area contributed by atoms with Gasteiger partial charge in [-0.05, 0) is 32.9 Å². The quantitative estimate of drug-likeness (QED) is 0.676. The minimum absolute atomic E-state index is 0.115. The molecular weight excluding hydrogens is 258 g/mol. The second kappa shape index (κ2) is 5.66. The first-order valence-corrected chi connectivity index (χ1v) is 6.75. The first-order chi connectivity index (χ1) is 9.49. The molecule has 1 N–H and O–H groups in total. The van der Waals surface area contributed by atoms with E-state index in [1.165, 1.54) is 6.07 Å². The van der Waals surface area contributed by atoms with Crippen LogP contribution < -0.4 is 15.0 Å². The zero-order chi connectivity index (χ0) is 14.8. The molecule has 0 amide bonds. The van der Waals surface area contributed by atoms with Crippen molar-refractivity contribution >= 4 is 11.4 Å². The van der Waals surface area contributed by atoms with Gasteiger partial charge in [-0.2, -0.15) is 0 Å². The van der Waals surface area contributed by atoms with Crippen molar-refractivity contribution in [3.05, 3.63) is 28.3 Å². The van der Waals surface area contributed by atoms with Crippen LogP contribution in [0.2, 0.25) is 0 Å². The number of anilines is 1. The zero-order valence-corrected chi connectivity index (χ0v) is 12.2. The molecule has 1 heterocycles. The maximum atomic E-state index is 11.2. The maximum Gasteiger partial charge on any atom is 0.292 e. The maximum absolute atomic E-state index is 11.2. The van der Waals surface area contributed by atoms with Crippen LogP contribution in [-0.4, -0.2) is 37.7 Å². The number of ether oxygens (including phenoxy) is 1. The molecule has 20 heavy (non-hydrogen) atoms. The summed E-state index contributed by atoms with van der Waals surface area (Å²) < 4.78 is 5.18. The third-order valence-corrected chi connectivity index (χ3v) is 4.19. The number of piperidine rings is 1. The molecule has 2 rings (SSSR count).